The molecule has 0 unspecified atom stereocenters. The lowest BCUT2D eigenvalue weighted by molar-refractivity contribution is 0.652. The minimum absolute atomic E-state index is 0.146. The molecule has 0 atom stereocenters. The predicted octanol–water partition coefficient (Wildman–Crippen LogP) is 1.46. The third-order valence-electron chi connectivity index (χ3n) is 2.86. The number of hydrogen-bond acceptors (Lipinski definition) is 5. The van der Waals surface area contributed by atoms with Crippen molar-refractivity contribution in [3.63, 3.8) is 0 Å². The Morgan fingerprint density at radius 2 is 2.30 bits per heavy atom. The van der Waals surface area contributed by atoms with Crippen molar-refractivity contribution in [3.8, 4) is 0 Å². The Morgan fingerprint density at radius 3 is 3.00 bits per heavy atom. The van der Waals surface area contributed by atoms with E-state index in [1.54, 1.807) is 0 Å². The van der Waals surface area contributed by atoms with Crippen LogP contribution in [0, 0.1) is 6.92 Å². The summed E-state index contributed by atoms with van der Waals surface area (Å²) in [5.74, 6) is 0. The van der Waals surface area contributed by atoms with Crippen molar-refractivity contribution < 1.29 is 0 Å². The number of aryl methyl sites for hydroxylation is 2. The SMILES string of the molecule is CCCNCc1c(C)nn(C)c1Sc1nccc(=O)[nH]1. The smallest absolute Gasteiger partial charge is 0.251 e. The highest BCUT2D eigenvalue weighted by Gasteiger charge is 2.15. The second-order valence-electron chi connectivity index (χ2n) is 4.51. The van der Waals surface area contributed by atoms with Crippen molar-refractivity contribution in [2.45, 2.75) is 37.0 Å². The van der Waals surface area contributed by atoms with Gasteiger partial charge in [-0.25, -0.2) is 4.98 Å². The zero-order valence-electron chi connectivity index (χ0n) is 11.9. The van der Waals surface area contributed by atoms with Gasteiger partial charge < -0.3 is 10.3 Å². The Hall–Kier alpha value is -1.60. The highest BCUT2D eigenvalue weighted by molar-refractivity contribution is 7.99. The molecule has 2 heterocycles. The average molecular weight is 293 g/mol. The fourth-order valence-electron chi connectivity index (χ4n) is 1.90. The van der Waals surface area contributed by atoms with Gasteiger partial charge in [-0.15, -0.1) is 0 Å². The van der Waals surface area contributed by atoms with Crippen molar-refractivity contribution in [1.82, 2.24) is 25.1 Å². The second-order valence-corrected chi connectivity index (χ2v) is 5.49. The fourth-order valence-corrected chi connectivity index (χ4v) is 2.86. The number of aromatic amines is 1. The number of hydrogen-bond donors (Lipinski definition) is 2. The minimum atomic E-state index is -0.146. The van der Waals surface area contributed by atoms with Gasteiger partial charge in [0.05, 0.1) is 5.69 Å². The van der Waals surface area contributed by atoms with Crippen LogP contribution in [0.15, 0.2) is 27.2 Å². The van der Waals surface area contributed by atoms with Gasteiger partial charge in [-0.3, -0.25) is 9.48 Å². The molecule has 0 saturated carbocycles. The summed E-state index contributed by atoms with van der Waals surface area (Å²) in [4.78, 5) is 18.2. The van der Waals surface area contributed by atoms with Crippen molar-refractivity contribution in [3.05, 3.63) is 33.9 Å². The zero-order valence-corrected chi connectivity index (χ0v) is 12.8. The maximum absolute atomic E-state index is 11.3. The van der Waals surface area contributed by atoms with E-state index in [2.05, 4.69) is 27.3 Å². The van der Waals surface area contributed by atoms with Crippen molar-refractivity contribution >= 4 is 11.8 Å². The molecule has 6 nitrogen and oxygen atoms in total. The van der Waals surface area contributed by atoms with E-state index in [0.717, 1.165) is 35.8 Å². The van der Waals surface area contributed by atoms with Gasteiger partial charge in [0, 0.05) is 31.4 Å². The summed E-state index contributed by atoms with van der Waals surface area (Å²) >= 11 is 1.43. The van der Waals surface area contributed by atoms with Gasteiger partial charge >= 0.3 is 0 Å². The Bertz CT molecular complexity index is 634. The zero-order chi connectivity index (χ0) is 14.5. The molecule has 0 aliphatic carbocycles. The number of nitrogens with one attached hydrogen (secondary N) is 2. The summed E-state index contributed by atoms with van der Waals surface area (Å²) in [6, 6.07) is 1.41. The fraction of sp³-hybridized carbons (Fsp3) is 0.462. The van der Waals surface area contributed by atoms with Crippen LogP contribution in [-0.4, -0.2) is 26.3 Å². The summed E-state index contributed by atoms with van der Waals surface area (Å²) in [7, 11) is 1.90. The maximum atomic E-state index is 11.3. The Balaban J connectivity index is 2.24. The van der Waals surface area contributed by atoms with Gasteiger partial charge in [0.25, 0.3) is 5.56 Å². The molecule has 2 aromatic rings. The lowest BCUT2D eigenvalue weighted by atomic mass is 10.2. The van der Waals surface area contributed by atoms with E-state index in [0.29, 0.717) is 5.16 Å². The first-order valence-electron chi connectivity index (χ1n) is 6.58. The first kappa shape index (κ1) is 14.8. The van der Waals surface area contributed by atoms with E-state index in [1.165, 1.54) is 24.0 Å². The highest BCUT2D eigenvalue weighted by Crippen LogP contribution is 2.28. The van der Waals surface area contributed by atoms with Crippen LogP contribution in [0.4, 0.5) is 0 Å². The van der Waals surface area contributed by atoms with Crippen molar-refractivity contribution in [1.29, 1.82) is 0 Å². The molecule has 2 rings (SSSR count). The topological polar surface area (TPSA) is 75.6 Å². The third kappa shape index (κ3) is 3.49. The molecular formula is C13H19N5OS. The summed E-state index contributed by atoms with van der Waals surface area (Å²) in [6.07, 6.45) is 2.61. The molecular weight excluding hydrogens is 274 g/mol. The van der Waals surface area contributed by atoms with Gasteiger partial charge in [0.2, 0.25) is 0 Å². The van der Waals surface area contributed by atoms with E-state index in [4.69, 9.17) is 0 Å². The molecule has 2 aromatic heterocycles. The van der Waals surface area contributed by atoms with Gasteiger partial charge in [0.1, 0.15) is 5.03 Å². The molecule has 20 heavy (non-hydrogen) atoms. The highest BCUT2D eigenvalue weighted by atomic mass is 32.2. The molecule has 0 spiro atoms. The number of rotatable bonds is 6. The molecule has 0 aliphatic rings. The van der Waals surface area contributed by atoms with Crippen LogP contribution in [-0.2, 0) is 13.6 Å². The Labute approximate surface area is 122 Å². The lowest BCUT2D eigenvalue weighted by Crippen LogP contribution is -2.15. The average Bonchev–Trinajstić information content (AvgIpc) is 2.66. The summed E-state index contributed by atoms with van der Waals surface area (Å²) < 4.78 is 1.83. The number of nitrogens with zero attached hydrogens (tertiary/aromatic N) is 3. The molecule has 0 aliphatic heterocycles. The maximum Gasteiger partial charge on any atom is 0.251 e. The first-order chi connectivity index (χ1) is 9.61. The van der Waals surface area contributed by atoms with E-state index in [-0.39, 0.29) is 5.56 Å². The summed E-state index contributed by atoms with van der Waals surface area (Å²) in [6.45, 7) is 5.87. The van der Waals surface area contributed by atoms with Crippen LogP contribution in [0.5, 0.6) is 0 Å². The van der Waals surface area contributed by atoms with E-state index >= 15 is 0 Å². The molecule has 0 saturated heterocycles. The third-order valence-corrected chi connectivity index (χ3v) is 3.96. The first-order valence-corrected chi connectivity index (χ1v) is 7.39. The molecule has 0 amide bonds. The van der Waals surface area contributed by atoms with Crippen LogP contribution in [0.1, 0.15) is 24.6 Å². The lowest BCUT2D eigenvalue weighted by Gasteiger charge is -2.06. The minimum Gasteiger partial charge on any atom is -0.313 e. The van der Waals surface area contributed by atoms with Crippen LogP contribution in [0.2, 0.25) is 0 Å². The largest absolute Gasteiger partial charge is 0.313 e. The van der Waals surface area contributed by atoms with Crippen LogP contribution >= 0.6 is 11.8 Å². The van der Waals surface area contributed by atoms with Crippen LogP contribution < -0.4 is 10.9 Å². The molecule has 0 bridgehead atoms. The van der Waals surface area contributed by atoms with Gasteiger partial charge in [-0.05, 0) is 31.7 Å². The van der Waals surface area contributed by atoms with Gasteiger partial charge in [-0.1, -0.05) is 6.92 Å². The van der Waals surface area contributed by atoms with Crippen molar-refractivity contribution in [2.75, 3.05) is 6.54 Å². The molecule has 108 valence electrons. The quantitative estimate of drug-likeness (QED) is 0.623. The summed E-state index contributed by atoms with van der Waals surface area (Å²) in [5.41, 5.74) is 2.00. The number of H-pyrrole nitrogens is 1. The summed E-state index contributed by atoms with van der Waals surface area (Å²) in [5, 5.41) is 9.41. The van der Waals surface area contributed by atoms with Crippen molar-refractivity contribution in [2.24, 2.45) is 7.05 Å². The molecule has 0 aromatic carbocycles. The van der Waals surface area contributed by atoms with E-state index in [1.807, 2.05) is 18.7 Å². The van der Waals surface area contributed by atoms with E-state index in [9.17, 15) is 4.79 Å². The van der Waals surface area contributed by atoms with Gasteiger partial charge in [-0.2, -0.15) is 5.10 Å². The Morgan fingerprint density at radius 1 is 1.50 bits per heavy atom. The standard InChI is InChI=1S/C13H19N5OS/c1-4-6-14-8-10-9(2)17-18(3)12(10)20-13-15-7-5-11(19)16-13/h5,7,14H,4,6,8H2,1-3H3,(H,15,16,19). The molecule has 7 heteroatoms. The normalized spacial score (nSPS) is 10.9. The molecule has 0 fully saturated rings. The second kappa shape index (κ2) is 6.71. The molecule has 0 radical (unpaired) electrons. The van der Waals surface area contributed by atoms with Crippen LogP contribution in [0.3, 0.4) is 0 Å². The Kier molecular flexibility index (Phi) is 4.97. The number of aromatic nitrogens is 4. The predicted molar refractivity (Wildman–Crippen MR) is 78.9 cm³/mol. The monoisotopic (exact) mass is 293 g/mol. The van der Waals surface area contributed by atoms with Gasteiger partial charge in [0.15, 0.2) is 5.16 Å². The van der Waals surface area contributed by atoms with E-state index < -0.39 is 0 Å². The van der Waals surface area contributed by atoms with Crippen LogP contribution in [0.25, 0.3) is 0 Å². The molecule has 2 N–H and O–H groups in total.